The molecule has 19 heavy (non-hydrogen) atoms. The highest BCUT2D eigenvalue weighted by Gasteiger charge is 2.25. The number of anilines is 1. The first-order chi connectivity index (χ1) is 9.28. The van der Waals surface area contributed by atoms with Gasteiger partial charge in [0.15, 0.2) is 0 Å². The van der Waals surface area contributed by atoms with E-state index >= 15 is 0 Å². The maximum Gasteiger partial charge on any atom is 0.123 e. The van der Waals surface area contributed by atoms with Crippen LogP contribution in [-0.4, -0.2) is 0 Å². The molecule has 2 aromatic carbocycles. The quantitative estimate of drug-likeness (QED) is 0.768. The summed E-state index contributed by atoms with van der Waals surface area (Å²) in [7, 11) is 0. The van der Waals surface area contributed by atoms with Crippen molar-refractivity contribution in [1.82, 2.24) is 0 Å². The van der Waals surface area contributed by atoms with Crippen LogP contribution >= 0.6 is 0 Å². The van der Waals surface area contributed by atoms with Gasteiger partial charge in [-0.3, -0.25) is 0 Å². The van der Waals surface area contributed by atoms with E-state index in [0.717, 1.165) is 17.7 Å². The van der Waals surface area contributed by atoms with Crippen LogP contribution in [0.25, 0.3) is 0 Å². The fourth-order valence-corrected chi connectivity index (χ4v) is 2.73. The summed E-state index contributed by atoms with van der Waals surface area (Å²) in [4.78, 5) is 0. The smallest absolute Gasteiger partial charge is 0.123 e. The van der Waals surface area contributed by atoms with Crippen LogP contribution < -0.4 is 5.32 Å². The van der Waals surface area contributed by atoms with Gasteiger partial charge in [0.2, 0.25) is 0 Å². The molecule has 0 unspecified atom stereocenters. The second-order valence-electron chi connectivity index (χ2n) is 4.92. The van der Waals surface area contributed by atoms with Crippen molar-refractivity contribution >= 4 is 5.69 Å². The Labute approximate surface area is 112 Å². The van der Waals surface area contributed by atoms with Crippen LogP contribution in [0, 0.1) is 5.82 Å². The van der Waals surface area contributed by atoms with E-state index in [2.05, 4.69) is 24.0 Å². The summed E-state index contributed by atoms with van der Waals surface area (Å²) in [6.45, 7) is 3.89. The van der Waals surface area contributed by atoms with Crippen LogP contribution in [0.1, 0.15) is 29.5 Å². The van der Waals surface area contributed by atoms with Gasteiger partial charge in [0.25, 0.3) is 0 Å². The third kappa shape index (κ3) is 2.26. The Bertz CT molecular complexity index is 591. The van der Waals surface area contributed by atoms with Gasteiger partial charge in [-0.2, -0.15) is 0 Å². The number of rotatable bonds is 2. The number of nitrogens with one attached hydrogen (secondary N) is 1. The normalized spacial score (nSPS) is 21.3. The minimum Gasteiger partial charge on any atom is -0.378 e. The van der Waals surface area contributed by atoms with E-state index in [1.165, 1.54) is 11.6 Å². The van der Waals surface area contributed by atoms with Crippen LogP contribution in [0.5, 0.6) is 0 Å². The van der Waals surface area contributed by atoms with Gasteiger partial charge < -0.3 is 5.32 Å². The fraction of sp³-hybridized carbons (Fsp3) is 0.176. The largest absolute Gasteiger partial charge is 0.378 e. The Balaban J connectivity index is 1.98. The summed E-state index contributed by atoms with van der Waals surface area (Å²) >= 11 is 0. The second kappa shape index (κ2) is 4.88. The molecule has 2 aromatic rings. The molecular weight excluding hydrogens is 237 g/mol. The van der Waals surface area contributed by atoms with E-state index < -0.39 is 0 Å². The summed E-state index contributed by atoms with van der Waals surface area (Å²) in [5, 5.41) is 3.49. The third-order valence-electron chi connectivity index (χ3n) is 3.72. The predicted molar refractivity (Wildman–Crippen MR) is 76.8 cm³/mol. The Morgan fingerprint density at radius 3 is 2.68 bits per heavy atom. The molecule has 1 aliphatic heterocycles. The van der Waals surface area contributed by atoms with Crippen molar-refractivity contribution in [3.8, 4) is 0 Å². The number of benzene rings is 2. The molecule has 3 rings (SSSR count). The molecule has 0 bridgehead atoms. The van der Waals surface area contributed by atoms with E-state index in [1.54, 1.807) is 6.07 Å². The van der Waals surface area contributed by atoms with E-state index in [0.29, 0.717) is 0 Å². The molecule has 2 atom stereocenters. The minimum absolute atomic E-state index is 0.189. The van der Waals surface area contributed by atoms with Crippen LogP contribution in [0.4, 0.5) is 10.1 Å². The molecule has 0 saturated heterocycles. The number of hydrogen-bond donors (Lipinski definition) is 1. The van der Waals surface area contributed by atoms with Gasteiger partial charge in [-0.05, 0) is 35.7 Å². The zero-order chi connectivity index (χ0) is 13.2. The van der Waals surface area contributed by atoms with Crippen LogP contribution in [0.3, 0.4) is 0 Å². The SMILES string of the molecule is C=C[C@H]1C[C@@H](c2ccccc2)Nc2ccc(F)cc21. The van der Waals surface area contributed by atoms with Crippen molar-refractivity contribution in [3.05, 3.63) is 78.1 Å². The summed E-state index contributed by atoms with van der Waals surface area (Å²) in [6, 6.07) is 15.5. The summed E-state index contributed by atoms with van der Waals surface area (Å²) in [5.74, 6) is 0.00252. The lowest BCUT2D eigenvalue weighted by molar-refractivity contribution is 0.595. The summed E-state index contributed by atoms with van der Waals surface area (Å²) in [6.07, 6.45) is 2.82. The maximum atomic E-state index is 13.4. The van der Waals surface area contributed by atoms with Crippen molar-refractivity contribution in [2.24, 2.45) is 0 Å². The molecule has 0 aliphatic carbocycles. The highest BCUT2D eigenvalue weighted by atomic mass is 19.1. The Morgan fingerprint density at radius 2 is 1.95 bits per heavy atom. The summed E-state index contributed by atoms with van der Waals surface area (Å²) < 4.78 is 13.4. The molecule has 0 amide bonds. The van der Waals surface area contributed by atoms with Crippen LogP contribution in [0.15, 0.2) is 61.2 Å². The van der Waals surface area contributed by atoms with Crippen molar-refractivity contribution < 1.29 is 4.39 Å². The monoisotopic (exact) mass is 253 g/mol. The third-order valence-corrected chi connectivity index (χ3v) is 3.72. The molecule has 0 fully saturated rings. The molecule has 1 N–H and O–H groups in total. The molecule has 0 saturated carbocycles. The molecule has 96 valence electrons. The van der Waals surface area contributed by atoms with E-state index in [9.17, 15) is 4.39 Å². The molecule has 0 radical (unpaired) electrons. The number of fused-ring (bicyclic) bond motifs is 1. The molecule has 0 aromatic heterocycles. The van der Waals surface area contributed by atoms with E-state index in [1.807, 2.05) is 30.3 Å². The van der Waals surface area contributed by atoms with Gasteiger partial charge >= 0.3 is 0 Å². The number of halogens is 1. The lowest BCUT2D eigenvalue weighted by Gasteiger charge is -2.32. The number of allylic oxidation sites excluding steroid dienone is 1. The average Bonchev–Trinajstić information content (AvgIpc) is 2.47. The molecule has 0 spiro atoms. The van der Waals surface area contributed by atoms with Gasteiger partial charge in [-0.15, -0.1) is 6.58 Å². The first kappa shape index (κ1) is 12.0. The zero-order valence-electron chi connectivity index (χ0n) is 10.6. The van der Waals surface area contributed by atoms with E-state index in [-0.39, 0.29) is 17.8 Å². The molecule has 1 nitrogen and oxygen atoms in total. The lowest BCUT2D eigenvalue weighted by atomic mass is 9.84. The zero-order valence-corrected chi connectivity index (χ0v) is 10.6. The van der Waals surface area contributed by atoms with Crippen molar-refractivity contribution in [3.63, 3.8) is 0 Å². The minimum atomic E-state index is -0.189. The van der Waals surface area contributed by atoms with Crippen LogP contribution in [-0.2, 0) is 0 Å². The van der Waals surface area contributed by atoms with Crippen molar-refractivity contribution in [2.75, 3.05) is 5.32 Å². The van der Waals surface area contributed by atoms with Gasteiger partial charge in [0, 0.05) is 11.6 Å². The standard InChI is InChI=1S/C17H16FN/c1-2-12-10-17(13-6-4-3-5-7-13)19-16-9-8-14(18)11-15(12)16/h2-9,11-12,17,19H,1,10H2/t12-,17-/m0/s1. The maximum absolute atomic E-state index is 13.4. The van der Waals surface area contributed by atoms with Crippen molar-refractivity contribution in [2.45, 2.75) is 18.4 Å². The summed E-state index contributed by atoms with van der Waals surface area (Å²) in [5.41, 5.74) is 3.26. The lowest BCUT2D eigenvalue weighted by Crippen LogP contribution is -2.20. The first-order valence-corrected chi connectivity index (χ1v) is 6.51. The average molecular weight is 253 g/mol. The second-order valence-corrected chi connectivity index (χ2v) is 4.92. The molecule has 1 heterocycles. The molecule has 2 heteroatoms. The topological polar surface area (TPSA) is 12.0 Å². The molecule has 1 aliphatic rings. The van der Waals surface area contributed by atoms with Crippen molar-refractivity contribution in [1.29, 1.82) is 0 Å². The highest BCUT2D eigenvalue weighted by molar-refractivity contribution is 5.58. The van der Waals surface area contributed by atoms with Gasteiger partial charge in [0.1, 0.15) is 5.82 Å². The van der Waals surface area contributed by atoms with E-state index in [4.69, 9.17) is 0 Å². The predicted octanol–water partition coefficient (Wildman–Crippen LogP) is 4.65. The molecular formula is C17H16FN. The highest BCUT2D eigenvalue weighted by Crippen LogP contribution is 2.40. The van der Waals surface area contributed by atoms with Crippen LogP contribution in [0.2, 0.25) is 0 Å². The Kier molecular flexibility index (Phi) is 3.08. The van der Waals surface area contributed by atoms with Gasteiger partial charge in [0.05, 0.1) is 6.04 Å². The Morgan fingerprint density at radius 1 is 1.16 bits per heavy atom. The Hall–Kier alpha value is -2.09. The fourth-order valence-electron chi connectivity index (χ4n) is 2.73. The van der Waals surface area contributed by atoms with Gasteiger partial charge in [-0.1, -0.05) is 36.4 Å². The van der Waals surface area contributed by atoms with Gasteiger partial charge in [-0.25, -0.2) is 4.39 Å². The number of hydrogen-bond acceptors (Lipinski definition) is 1. The first-order valence-electron chi connectivity index (χ1n) is 6.51.